The van der Waals surface area contributed by atoms with Crippen LogP contribution < -0.4 is 24.8 Å². The Morgan fingerprint density at radius 2 is 1.97 bits per heavy atom. The minimum atomic E-state index is -2.95. The smallest absolute Gasteiger partial charge is 0.387 e. The summed E-state index contributed by atoms with van der Waals surface area (Å²) in [4.78, 5) is 15.5. The van der Waals surface area contributed by atoms with Gasteiger partial charge in [-0.05, 0) is 25.8 Å². The Balaban J connectivity index is 0.00000420. The predicted octanol–water partition coefficient (Wildman–Crippen LogP) is 3.03. The van der Waals surface area contributed by atoms with Crippen molar-refractivity contribution in [2.45, 2.75) is 39.3 Å². The summed E-state index contributed by atoms with van der Waals surface area (Å²) in [5.41, 5.74) is 0.451. The number of carbonyl (C=O) groups excluding carboxylic acids is 1. The second kappa shape index (κ2) is 13.2. The van der Waals surface area contributed by atoms with Crippen LogP contribution in [0.2, 0.25) is 0 Å². The number of carbonyl (C=O) groups is 1. The molecule has 1 aliphatic heterocycles. The Morgan fingerprint density at radius 3 is 2.62 bits per heavy atom. The number of aliphatic imine (C=N–C) groups is 1. The van der Waals surface area contributed by atoms with E-state index in [0.29, 0.717) is 49.0 Å². The van der Waals surface area contributed by atoms with Gasteiger partial charge in [0.25, 0.3) is 0 Å². The second-order valence-corrected chi connectivity index (χ2v) is 5.85. The van der Waals surface area contributed by atoms with Crippen molar-refractivity contribution in [3.63, 3.8) is 0 Å². The average molecular weight is 529 g/mol. The Labute approximate surface area is 185 Å². The molecule has 8 nitrogen and oxygen atoms in total. The maximum absolute atomic E-state index is 12.7. The summed E-state index contributed by atoms with van der Waals surface area (Å²) in [6, 6.07) is 2.97. The highest BCUT2D eigenvalue weighted by atomic mass is 127. The highest BCUT2D eigenvalue weighted by molar-refractivity contribution is 14.0. The molecule has 0 radical (unpaired) electrons. The number of guanidine groups is 1. The van der Waals surface area contributed by atoms with Gasteiger partial charge in [0, 0.05) is 31.1 Å². The fraction of sp³-hybridized carbons (Fsp3) is 0.556. The maximum atomic E-state index is 12.7. The minimum Gasteiger partial charge on any atom is -0.469 e. The van der Waals surface area contributed by atoms with Crippen LogP contribution in [0.15, 0.2) is 17.1 Å². The largest absolute Gasteiger partial charge is 0.469 e. The van der Waals surface area contributed by atoms with Gasteiger partial charge in [0.2, 0.25) is 6.79 Å². The van der Waals surface area contributed by atoms with E-state index < -0.39 is 6.61 Å². The highest BCUT2D eigenvalue weighted by Gasteiger charge is 2.20. The fourth-order valence-electron chi connectivity index (χ4n) is 2.50. The van der Waals surface area contributed by atoms with Crippen molar-refractivity contribution in [1.82, 2.24) is 10.6 Å². The van der Waals surface area contributed by atoms with Crippen molar-refractivity contribution in [2.24, 2.45) is 4.99 Å². The van der Waals surface area contributed by atoms with E-state index in [1.165, 1.54) is 13.2 Å². The molecule has 0 amide bonds. The van der Waals surface area contributed by atoms with Crippen molar-refractivity contribution in [2.75, 3.05) is 27.0 Å². The third kappa shape index (κ3) is 8.46. The van der Waals surface area contributed by atoms with Gasteiger partial charge in [0.05, 0.1) is 13.7 Å². The molecular weight excluding hydrogens is 503 g/mol. The minimum absolute atomic E-state index is 0. The molecule has 0 atom stereocenters. The number of benzene rings is 1. The Hall–Kier alpha value is -2.05. The summed E-state index contributed by atoms with van der Waals surface area (Å²) in [5.74, 6) is 1.11. The first kappa shape index (κ1) is 25.0. The zero-order valence-electron chi connectivity index (χ0n) is 16.3. The molecule has 2 rings (SSSR count). The number of esters is 1. The van der Waals surface area contributed by atoms with Crippen LogP contribution in [0.5, 0.6) is 17.2 Å². The molecule has 29 heavy (non-hydrogen) atoms. The summed E-state index contributed by atoms with van der Waals surface area (Å²) >= 11 is 0. The van der Waals surface area contributed by atoms with E-state index in [1.807, 2.05) is 6.92 Å². The number of alkyl halides is 2. The SMILES string of the molecule is CCNC(=NCc1cc2c(cc1OC(F)F)OCO2)NCCCCC(=O)OC.I. The lowest BCUT2D eigenvalue weighted by Crippen LogP contribution is -2.37. The normalized spacial score (nSPS) is 12.4. The molecule has 2 N–H and O–H groups in total. The third-order valence-electron chi connectivity index (χ3n) is 3.85. The third-order valence-corrected chi connectivity index (χ3v) is 3.85. The average Bonchev–Trinajstić information content (AvgIpc) is 3.12. The molecule has 0 saturated carbocycles. The van der Waals surface area contributed by atoms with E-state index in [9.17, 15) is 13.6 Å². The summed E-state index contributed by atoms with van der Waals surface area (Å²) in [6.07, 6.45) is 1.80. The van der Waals surface area contributed by atoms with Gasteiger partial charge < -0.3 is 29.6 Å². The predicted molar refractivity (Wildman–Crippen MR) is 113 cm³/mol. The molecular formula is C18H26F2IN3O5. The van der Waals surface area contributed by atoms with E-state index in [-0.39, 0.29) is 49.0 Å². The molecule has 11 heteroatoms. The highest BCUT2D eigenvalue weighted by Crippen LogP contribution is 2.38. The molecule has 1 aromatic carbocycles. The number of halogens is 3. The van der Waals surface area contributed by atoms with Gasteiger partial charge in [-0.3, -0.25) is 4.79 Å². The van der Waals surface area contributed by atoms with E-state index in [1.54, 1.807) is 6.07 Å². The zero-order chi connectivity index (χ0) is 20.4. The Kier molecular flexibility index (Phi) is 11.4. The standard InChI is InChI=1S/C18H25F2N3O5.HI/c1-3-21-18(22-7-5-4-6-16(24)25-2)23-10-12-8-14-15(27-11-26-14)9-13(12)28-17(19)20;/h8-9,17H,3-7,10-11H2,1-2H3,(H2,21,22,23);1H. The molecule has 0 aliphatic carbocycles. The van der Waals surface area contributed by atoms with Crippen molar-refractivity contribution < 1.29 is 32.5 Å². The lowest BCUT2D eigenvalue weighted by atomic mass is 10.1. The van der Waals surface area contributed by atoms with Crippen LogP contribution in [0.3, 0.4) is 0 Å². The number of ether oxygens (including phenoxy) is 4. The molecule has 0 bridgehead atoms. The van der Waals surface area contributed by atoms with Crippen molar-refractivity contribution >= 4 is 35.9 Å². The van der Waals surface area contributed by atoms with Crippen LogP contribution in [0.1, 0.15) is 31.7 Å². The maximum Gasteiger partial charge on any atom is 0.387 e. The molecule has 0 fully saturated rings. The first-order valence-corrected chi connectivity index (χ1v) is 8.99. The Bertz CT molecular complexity index is 692. The number of rotatable bonds is 10. The number of unbranched alkanes of at least 4 members (excludes halogenated alkanes) is 1. The molecule has 1 aliphatic rings. The van der Waals surface area contributed by atoms with Gasteiger partial charge in [-0.25, -0.2) is 4.99 Å². The molecule has 0 unspecified atom stereocenters. The molecule has 0 aromatic heterocycles. The van der Waals surface area contributed by atoms with Crippen LogP contribution in [0, 0.1) is 0 Å². The van der Waals surface area contributed by atoms with Crippen molar-refractivity contribution in [3.8, 4) is 17.2 Å². The number of nitrogens with zero attached hydrogens (tertiary/aromatic N) is 1. The second-order valence-electron chi connectivity index (χ2n) is 5.85. The lowest BCUT2D eigenvalue weighted by molar-refractivity contribution is -0.140. The van der Waals surface area contributed by atoms with Gasteiger partial charge >= 0.3 is 12.6 Å². The molecule has 0 saturated heterocycles. The number of hydrogen-bond donors (Lipinski definition) is 2. The topological polar surface area (TPSA) is 90.4 Å². The summed E-state index contributed by atoms with van der Waals surface area (Å²) in [5, 5.41) is 6.22. The van der Waals surface area contributed by atoms with Gasteiger partial charge in [0.1, 0.15) is 5.75 Å². The number of fused-ring (bicyclic) bond motifs is 1. The van der Waals surface area contributed by atoms with E-state index in [2.05, 4.69) is 25.1 Å². The molecule has 1 aromatic rings. The molecule has 1 heterocycles. The first-order chi connectivity index (χ1) is 13.5. The van der Waals surface area contributed by atoms with E-state index in [0.717, 1.165) is 6.42 Å². The van der Waals surface area contributed by atoms with Gasteiger partial charge in [-0.15, -0.1) is 24.0 Å². The van der Waals surface area contributed by atoms with E-state index >= 15 is 0 Å². The first-order valence-electron chi connectivity index (χ1n) is 8.99. The zero-order valence-corrected chi connectivity index (χ0v) is 18.7. The van der Waals surface area contributed by atoms with Crippen LogP contribution >= 0.6 is 24.0 Å². The number of nitrogens with one attached hydrogen (secondary N) is 2. The quantitative estimate of drug-likeness (QED) is 0.158. The summed E-state index contributed by atoms with van der Waals surface area (Å²) in [7, 11) is 1.36. The van der Waals surface area contributed by atoms with Crippen LogP contribution in [-0.4, -0.2) is 45.5 Å². The molecule has 164 valence electrons. The van der Waals surface area contributed by atoms with Crippen molar-refractivity contribution in [1.29, 1.82) is 0 Å². The van der Waals surface area contributed by atoms with Gasteiger partial charge in [-0.2, -0.15) is 8.78 Å². The van der Waals surface area contributed by atoms with Gasteiger partial charge in [-0.1, -0.05) is 0 Å². The number of methoxy groups -OCH3 is 1. The van der Waals surface area contributed by atoms with Gasteiger partial charge in [0.15, 0.2) is 17.5 Å². The summed E-state index contributed by atoms with van der Waals surface area (Å²) < 4.78 is 45.1. The summed E-state index contributed by atoms with van der Waals surface area (Å²) in [6.45, 7) is 0.340. The van der Waals surface area contributed by atoms with Crippen LogP contribution in [0.4, 0.5) is 8.78 Å². The van der Waals surface area contributed by atoms with Crippen LogP contribution in [0.25, 0.3) is 0 Å². The van der Waals surface area contributed by atoms with E-state index in [4.69, 9.17) is 9.47 Å². The Morgan fingerprint density at radius 1 is 1.24 bits per heavy atom. The molecule has 0 spiro atoms. The monoisotopic (exact) mass is 529 g/mol. The van der Waals surface area contributed by atoms with Crippen LogP contribution in [-0.2, 0) is 16.1 Å². The van der Waals surface area contributed by atoms with Crippen molar-refractivity contribution in [3.05, 3.63) is 17.7 Å². The number of hydrogen-bond acceptors (Lipinski definition) is 6. The fourth-order valence-corrected chi connectivity index (χ4v) is 2.50. The lowest BCUT2D eigenvalue weighted by Gasteiger charge is -2.13.